The van der Waals surface area contributed by atoms with Crippen LogP contribution in [0.15, 0.2) is 41.4 Å². The smallest absolute Gasteiger partial charge is 0.266 e. The molecule has 0 aliphatic heterocycles. The molecule has 2 aromatic rings. The van der Waals surface area contributed by atoms with Gasteiger partial charge in [0.25, 0.3) is 10.0 Å². The van der Waals surface area contributed by atoms with Crippen molar-refractivity contribution in [3.8, 4) is 0 Å². The molecule has 0 spiro atoms. The third-order valence-electron chi connectivity index (χ3n) is 4.15. The predicted octanol–water partition coefficient (Wildman–Crippen LogP) is 1.90. The van der Waals surface area contributed by atoms with Crippen molar-refractivity contribution in [3.05, 3.63) is 47.1 Å². The van der Waals surface area contributed by atoms with Crippen molar-refractivity contribution in [2.24, 2.45) is 0 Å². The van der Waals surface area contributed by atoms with Crippen LogP contribution in [0.1, 0.15) is 19.4 Å². The van der Waals surface area contributed by atoms with E-state index in [2.05, 4.69) is 4.98 Å². The highest BCUT2D eigenvalue weighted by molar-refractivity contribution is 7.92. The predicted molar refractivity (Wildman–Crippen MR) is 108 cm³/mol. The molecule has 2 radical (unpaired) electrons. The first kappa shape index (κ1) is 21.2. The Balaban J connectivity index is 2.51. The molecule has 0 N–H and O–H groups in total. The number of hydrogen-bond acceptors (Lipinski definition) is 4. The largest absolute Gasteiger partial charge is 0.342 e. The second kappa shape index (κ2) is 8.76. The van der Waals surface area contributed by atoms with Crippen molar-refractivity contribution in [2.75, 3.05) is 23.9 Å². The Hall–Kier alpha value is -2.06. The normalized spacial score (nSPS) is 11.3. The van der Waals surface area contributed by atoms with E-state index in [0.29, 0.717) is 18.8 Å². The molecule has 0 bridgehead atoms. The summed E-state index contributed by atoms with van der Waals surface area (Å²) in [5, 5.41) is 0.0370. The van der Waals surface area contributed by atoms with E-state index in [1.165, 1.54) is 6.07 Å². The van der Waals surface area contributed by atoms with E-state index in [1.54, 1.807) is 29.2 Å². The summed E-state index contributed by atoms with van der Waals surface area (Å²) in [6.07, 6.45) is 1.14. The van der Waals surface area contributed by atoms with E-state index < -0.39 is 10.0 Å². The van der Waals surface area contributed by atoms with Crippen molar-refractivity contribution in [1.82, 2.24) is 9.88 Å². The van der Waals surface area contributed by atoms with Crippen LogP contribution in [0.4, 0.5) is 5.69 Å². The maximum absolute atomic E-state index is 13.2. The Kier molecular flexibility index (Phi) is 6.89. The zero-order valence-corrected chi connectivity index (χ0v) is 17.1. The molecule has 1 aromatic carbocycles. The molecule has 0 atom stereocenters. The lowest BCUT2D eigenvalue weighted by Gasteiger charge is -2.27. The molecule has 0 saturated carbocycles. The highest BCUT2D eigenvalue weighted by Crippen LogP contribution is 2.25. The molecule has 142 valence electrons. The first-order valence-corrected chi connectivity index (χ1v) is 10.3. The van der Waals surface area contributed by atoms with Gasteiger partial charge in [-0.25, -0.2) is 8.42 Å². The molecule has 0 aliphatic rings. The van der Waals surface area contributed by atoms with E-state index in [0.717, 1.165) is 16.1 Å². The third-order valence-corrected chi connectivity index (χ3v) is 6.19. The zero-order chi connectivity index (χ0) is 20.2. The molecule has 1 aromatic heterocycles. The number of benzene rings is 1. The lowest BCUT2D eigenvalue weighted by molar-refractivity contribution is -0.129. The Morgan fingerprint density at radius 1 is 1.19 bits per heavy atom. The highest BCUT2D eigenvalue weighted by atomic mass is 35.5. The average molecular weight is 406 g/mol. The van der Waals surface area contributed by atoms with Crippen molar-refractivity contribution in [2.45, 2.75) is 25.7 Å². The number of sulfonamides is 1. The van der Waals surface area contributed by atoms with Crippen molar-refractivity contribution < 1.29 is 13.2 Å². The van der Waals surface area contributed by atoms with Gasteiger partial charge in [-0.2, -0.15) is 0 Å². The van der Waals surface area contributed by atoms with Gasteiger partial charge >= 0.3 is 0 Å². The van der Waals surface area contributed by atoms with Gasteiger partial charge in [0, 0.05) is 24.9 Å². The number of hydrogen-bond donors (Lipinski definition) is 0. The number of aromatic nitrogens is 1. The summed E-state index contributed by atoms with van der Waals surface area (Å²) in [4.78, 5) is 17.9. The number of rotatable bonds is 7. The quantitative estimate of drug-likeness (QED) is 0.660. The minimum atomic E-state index is -4.07. The van der Waals surface area contributed by atoms with Crippen molar-refractivity contribution >= 4 is 46.7 Å². The fourth-order valence-electron chi connectivity index (χ4n) is 2.52. The molecule has 0 unspecified atom stereocenters. The number of carbonyl (C=O) groups excluding carboxylic acids is 1. The average Bonchev–Trinajstić information content (AvgIpc) is 2.63. The molecule has 2 rings (SSSR count). The van der Waals surface area contributed by atoms with Gasteiger partial charge in [0.2, 0.25) is 5.91 Å². The second-order valence-corrected chi connectivity index (χ2v) is 8.22. The van der Waals surface area contributed by atoms with E-state index in [9.17, 15) is 13.2 Å². The van der Waals surface area contributed by atoms with E-state index in [4.69, 9.17) is 19.4 Å². The van der Waals surface area contributed by atoms with Crippen LogP contribution in [-0.2, 0) is 14.8 Å². The minimum Gasteiger partial charge on any atom is -0.342 e. The monoisotopic (exact) mass is 405 g/mol. The Labute approximate surface area is 166 Å². The number of nitrogens with zero attached hydrogens (tertiary/aromatic N) is 3. The van der Waals surface area contributed by atoms with E-state index in [-0.39, 0.29) is 28.0 Å². The number of aryl methyl sites for hydroxylation is 1. The second-order valence-electron chi connectivity index (χ2n) is 5.95. The number of likely N-dealkylation sites (N-methyl/N-ethyl adjacent to an activating group) is 1. The fraction of sp³-hybridized carbons (Fsp3) is 0.333. The lowest BCUT2D eigenvalue weighted by Crippen LogP contribution is -2.43. The fourth-order valence-corrected chi connectivity index (χ4v) is 4.14. The minimum absolute atomic E-state index is 0.0370. The van der Waals surface area contributed by atoms with Crippen LogP contribution in [-0.4, -0.2) is 51.7 Å². The van der Waals surface area contributed by atoms with Crippen molar-refractivity contribution in [1.29, 1.82) is 0 Å². The van der Waals surface area contributed by atoms with Gasteiger partial charge in [-0.3, -0.25) is 14.1 Å². The summed E-state index contributed by atoms with van der Waals surface area (Å²) in [5.74, 6) is -0.293. The Morgan fingerprint density at radius 3 is 2.30 bits per heavy atom. The molecule has 0 aliphatic carbocycles. The molecule has 27 heavy (non-hydrogen) atoms. The van der Waals surface area contributed by atoms with E-state index in [1.807, 2.05) is 20.8 Å². The standard InChI is InChI=1S/C18H21BClN3O3S/c1-4-22(5-2)17(24)12-23(14-8-6-13(3)7-9-14)27(25,26)15-10-16(20)18(19)21-11-15/h6-11H,4-5,12H2,1-3H3. The third kappa shape index (κ3) is 4.81. The Morgan fingerprint density at radius 2 is 1.78 bits per heavy atom. The van der Waals surface area contributed by atoms with Crippen LogP contribution >= 0.6 is 11.6 Å². The number of amides is 1. The molecule has 9 heteroatoms. The summed E-state index contributed by atoms with van der Waals surface area (Å²) in [6.45, 7) is 6.24. The first-order valence-electron chi connectivity index (χ1n) is 8.48. The maximum atomic E-state index is 13.2. The summed E-state index contributed by atoms with van der Waals surface area (Å²) < 4.78 is 27.5. The number of halogens is 1. The van der Waals surface area contributed by atoms with Gasteiger partial charge < -0.3 is 4.90 Å². The van der Waals surface area contributed by atoms with Crippen LogP contribution in [0.5, 0.6) is 0 Å². The zero-order valence-electron chi connectivity index (χ0n) is 15.5. The van der Waals surface area contributed by atoms with Crippen LogP contribution < -0.4 is 9.90 Å². The number of anilines is 1. The molecule has 1 amide bonds. The number of pyridine rings is 1. The molecule has 0 fully saturated rings. The SMILES string of the molecule is [B]c1ncc(S(=O)(=O)N(CC(=O)N(CC)CC)c2ccc(C)cc2)cc1Cl. The number of carbonyl (C=O) groups is 1. The van der Waals surface area contributed by atoms with Crippen LogP contribution in [0, 0.1) is 6.92 Å². The van der Waals surface area contributed by atoms with Crippen molar-refractivity contribution in [3.63, 3.8) is 0 Å². The van der Waals surface area contributed by atoms with Crippen LogP contribution in [0.3, 0.4) is 0 Å². The molecule has 6 nitrogen and oxygen atoms in total. The summed E-state index contributed by atoms with van der Waals surface area (Å²) in [5.41, 5.74) is 1.40. The van der Waals surface area contributed by atoms with Gasteiger partial charge in [0.05, 0.1) is 10.7 Å². The summed E-state index contributed by atoms with van der Waals surface area (Å²) in [6, 6.07) is 8.13. The Bertz CT molecular complexity index is 916. The lowest BCUT2D eigenvalue weighted by atomic mass is 10.0. The van der Waals surface area contributed by atoms with Gasteiger partial charge in [-0.15, -0.1) is 0 Å². The van der Waals surface area contributed by atoms with Crippen LogP contribution in [0.25, 0.3) is 0 Å². The summed E-state index contributed by atoms with van der Waals surface area (Å²) in [7, 11) is 1.51. The molecule has 0 saturated heterocycles. The first-order chi connectivity index (χ1) is 12.7. The maximum Gasteiger partial charge on any atom is 0.266 e. The highest BCUT2D eigenvalue weighted by Gasteiger charge is 2.29. The van der Waals surface area contributed by atoms with Crippen LogP contribution in [0.2, 0.25) is 5.02 Å². The van der Waals surface area contributed by atoms with E-state index >= 15 is 0 Å². The van der Waals surface area contributed by atoms with Gasteiger partial charge in [0.1, 0.15) is 19.3 Å². The van der Waals surface area contributed by atoms with Gasteiger partial charge in [-0.05, 0) is 39.0 Å². The molecular formula is C18H21BClN3O3S. The molecule has 1 heterocycles. The topological polar surface area (TPSA) is 70.6 Å². The molecular weight excluding hydrogens is 385 g/mol. The summed E-state index contributed by atoms with van der Waals surface area (Å²) >= 11 is 5.95. The van der Waals surface area contributed by atoms with Gasteiger partial charge in [0.15, 0.2) is 0 Å². The van der Waals surface area contributed by atoms with Gasteiger partial charge in [-0.1, -0.05) is 29.3 Å².